The zero-order chi connectivity index (χ0) is 11.7. The van der Waals surface area contributed by atoms with E-state index >= 15 is 0 Å². The first kappa shape index (κ1) is 10.9. The molecule has 0 radical (unpaired) electrons. The van der Waals surface area contributed by atoms with Crippen LogP contribution in [0.15, 0.2) is 18.2 Å². The molecule has 1 saturated heterocycles. The average Bonchev–Trinajstić information content (AvgIpc) is 2.91. The molecule has 1 aromatic rings. The molecule has 4 heteroatoms. The summed E-state index contributed by atoms with van der Waals surface area (Å²) >= 11 is 0. The molecule has 0 aromatic heterocycles. The second-order valence-electron chi connectivity index (χ2n) is 4.48. The lowest BCUT2D eigenvalue weighted by atomic mass is 10.00. The highest BCUT2D eigenvalue weighted by molar-refractivity contribution is 5.44. The van der Waals surface area contributed by atoms with E-state index in [0.717, 1.165) is 36.5 Å². The summed E-state index contributed by atoms with van der Waals surface area (Å²) in [5.41, 5.74) is 7.27. The van der Waals surface area contributed by atoms with E-state index < -0.39 is 0 Å². The Labute approximate surface area is 101 Å². The number of hydrogen-bond acceptors (Lipinski definition) is 4. The molecule has 0 spiro atoms. The predicted molar refractivity (Wildman–Crippen MR) is 63.3 cm³/mol. The lowest BCUT2D eigenvalue weighted by Crippen LogP contribution is -2.25. The van der Waals surface area contributed by atoms with E-state index in [4.69, 9.17) is 19.9 Å². The van der Waals surface area contributed by atoms with Gasteiger partial charge in [0.15, 0.2) is 11.5 Å². The van der Waals surface area contributed by atoms with Crippen molar-refractivity contribution in [1.29, 1.82) is 0 Å². The van der Waals surface area contributed by atoms with Gasteiger partial charge in [0.1, 0.15) is 13.2 Å². The third-order valence-electron chi connectivity index (χ3n) is 3.32. The minimum absolute atomic E-state index is 0.0756. The third-order valence-corrected chi connectivity index (χ3v) is 3.32. The zero-order valence-electron chi connectivity index (χ0n) is 9.72. The summed E-state index contributed by atoms with van der Waals surface area (Å²) < 4.78 is 16.7. The second kappa shape index (κ2) is 4.55. The van der Waals surface area contributed by atoms with Crippen LogP contribution in [0.25, 0.3) is 0 Å². The molecule has 0 amide bonds. The van der Waals surface area contributed by atoms with Crippen LogP contribution < -0.4 is 15.2 Å². The Bertz CT molecular complexity index is 402. The van der Waals surface area contributed by atoms with E-state index in [9.17, 15) is 0 Å². The SMILES string of the molecule is NC(c1ccc2c(c1)OCCO2)C1CCCO1. The van der Waals surface area contributed by atoms with Crippen molar-refractivity contribution >= 4 is 0 Å². The Hall–Kier alpha value is -1.26. The second-order valence-corrected chi connectivity index (χ2v) is 4.48. The summed E-state index contributed by atoms with van der Waals surface area (Å²) in [4.78, 5) is 0. The summed E-state index contributed by atoms with van der Waals surface area (Å²) in [6, 6.07) is 5.83. The number of benzene rings is 1. The highest BCUT2D eigenvalue weighted by Gasteiger charge is 2.25. The van der Waals surface area contributed by atoms with Gasteiger partial charge >= 0.3 is 0 Å². The van der Waals surface area contributed by atoms with Crippen LogP contribution in [0.1, 0.15) is 24.4 Å². The molecule has 1 fully saturated rings. The maximum Gasteiger partial charge on any atom is 0.161 e. The van der Waals surface area contributed by atoms with Crippen LogP contribution in [0.4, 0.5) is 0 Å². The first-order chi connectivity index (χ1) is 8.34. The van der Waals surface area contributed by atoms with Gasteiger partial charge in [0.2, 0.25) is 0 Å². The summed E-state index contributed by atoms with van der Waals surface area (Å²) in [6.45, 7) is 2.04. The molecule has 2 unspecified atom stereocenters. The van der Waals surface area contributed by atoms with E-state index in [1.165, 1.54) is 0 Å². The van der Waals surface area contributed by atoms with Crippen molar-refractivity contribution in [3.63, 3.8) is 0 Å². The number of hydrogen-bond donors (Lipinski definition) is 1. The molecule has 0 saturated carbocycles. The number of nitrogens with two attached hydrogens (primary N) is 1. The van der Waals surface area contributed by atoms with Gasteiger partial charge in [0, 0.05) is 6.61 Å². The van der Waals surface area contributed by atoms with Gasteiger partial charge in [0.25, 0.3) is 0 Å². The molecule has 92 valence electrons. The lowest BCUT2D eigenvalue weighted by molar-refractivity contribution is 0.0898. The van der Waals surface area contributed by atoms with Gasteiger partial charge in [-0.3, -0.25) is 0 Å². The van der Waals surface area contributed by atoms with Crippen LogP contribution in [0, 0.1) is 0 Å². The van der Waals surface area contributed by atoms with Crippen molar-refractivity contribution in [2.75, 3.05) is 19.8 Å². The third kappa shape index (κ3) is 2.10. The molecule has 3 rings (SSSR count). The van der Waals surface area contributed by atoms with E-state index in [1.54, 1.807) is 0 Å². The monoisotopic (exact) mass is 235 g/mol. The van der Waals surface area contributed by atoms with Crippen molar-refractivity contribution in [1.82, 2.24) is 0 Å². The standard InChI is InChI=1S/C13H17NO3/c14-13(11-2-1-5-15-11)9-3-4-10-12(8-9)17-7-6-16-10/h3-4,8,11,13H,1-2,5-7,14H2. The lowest BCUT2D eigenvalue weighted by Gasteiger charge is -2.22. The highest BCUT2D eigenvalue weighted by Crippen LogP contribution is 2.34. The van der Waals surface area contributed by atoms with Crippen LogP contribution in [-0.4, -0.2) is 25.9 Å². The normalized spacial score (nSPS) is 24.6. The van der Waals surface area contributed by atoms with Gasteiger partial charge in [-0.1, -0.05) is 6.07 Å². The molecule has 17 heavy (non-hydrogen) atoms. The van der Waals surface area contributed by atoms with Gasteiger partial charge < -0.3 is 19.9 Å². The molecule has 0 bridgehead atoms. The first-order valence-electron chi connectivity index (χ1n) is 6.11. The quantitative estimate of drug-likeness (QED) is 0.846. The van der Waals surface area contributed by atoms with Crippen LogP contribution in [-0.2, 0) is 4.74 Å². The van der Waals surface area contributed by atoms with Crippen molar-refractivity contribution in [3.8, 4) is 11.5 Å². The van der Waals surface area contributed by atoms with E-state index in [0.29, 0.717) is 13.2 Å². The Balaban J connectivity index is 1.82. The minimum atomic E-state index is -0.0756. The van der Waals surface area contributed by atoms with Crippen molar-refractivity contribution in [2.45, 2.75) is 25.0 Å². The van der Waals surface area contributed by atoms with Crippen molar-refractivity contribution in [3.05, 3.63) is 23.8 Å². The van der Waals surface area contributed by atoms with Gasteiger partial charge in [-0.2, -0.15) is 0 Å². The maximum atomic E-state index is 6.21. The topological polar surface area (TPSA) is 53.7 Å². The largest absolute Gasteiger partial charge is 0.486 e. The minimum Gasteiger partial charge on any atom is -0.486 e. The first-order valence-corrected chi connectivity index (χ1v) is 6.11. The molecule has 4 nitrogen and oxygen atoms in total. The molecule has 2 atom stereocenters. The zero-order valence-corrected chi connectivity index (χ0v) is 9.72. The van der Waals surface area contributed by atoms with E-state index in [-0.39, 0.29) is 12.1 Å². The Morgan fingerprint density at radius 2 is 1.94 bits per heavy atom. The van der Waals surface area contributed by atoms with Crippen LogP contribution >= 0.6 is 0 Å². The molecule has 0 aliphatic carbocycles. The summed E-state index contributed by atoms with van der Waals surface area (Å²) in [6.07, 6.45) is 2.27. The molecule has 1 aromatic carbocycles. The van der Waals surface area contributed by atoms with Gasteiger partial charge in [-0.25, -0.2) is 0 Å². The van der Waals surface area contributed by atoms with E-state index in [1.807, 2.05) is 18.2 Å². The fourth-order valence-electron chi connectivity index (χ4n) is 2.37. The summed E-state index contributed by atoms with van der Waals surface area (Å²) in [5.74, 6) is 1.60. The summed E-state index contributed by atoms with van der Waals surface area (Å²) in [5, 5.41) is 0. The predicted octanol–water partition coefficient (Wildman–Crippen LogP) is 1.64. The molecule has 2 aliphatic heterocycles. The number of fused-ring (bicyclic) bond motifs is 1. The molecular formula is C13H17NO3. The maximum absolute atomic E-state index is 6.21. The van der Waals surface area contributed by atoms with E-state index in [2.05, 4.69) is 0 Å². The van der Waals surface area contributed by atoms with Gasteiger partial charge in [-0.05, 0) is 30.5 Å². The molecule has 2 heterocycles. The van der Waals surface area contributed by atoms with Crippen LogP contribution in [0.2, 0.25) is 0 Å². The molecule has 2 N–H and O–H groups in total. The fourth-order valence-corrected chi connectivity index (χ4v) is 2.37. The Morgan fingerprint density at radius 3 is 2.71 bits per heavy atom. The Kier molecular flexibility index (Phi) is 2.91. The fraction of sp³-hybridized carbons (Fsp3) is 0.538. The highest BCUT2D eigenvalue weighted by atomic mass is 16.6. The average molecular weight is 235 g/mol. The number of ether oxygens (including phenoxy) is 3. The van der Waals surface area contributed by atoms with Gasteiger partial charge in [0.05, 0.1) is 12.1 Å². The summed E-state index contributed by atoms with van der Waals surface area (Å²) in [7, 11) is 0. The number of rotatable bonds is 2. The van der Waals surface area contributed by atoms with Crippen molar-refractivity contribution in [2.24, 2.45) is 5.73 Å². The van der Waals surface area contributed by atoms with Crippen LogP contribution in [0.3, 0.4) is 0 Å². The Morgan fingerprint density at radius 1 is 1.12 bits per heavy atom. The molecule has 2 aliphatic rings. The van der Waals surface area contributed by atoms with Crippen molar-refractivity contribution < 1.29 is 14.2 Å². The smallest absolute Gasteiger partial charge is 0.161 e. The van der Waals surface area contributed by atoms with Gasteiger partial charge in [-0.15, -0.1) is 0 Å². The van der Waals surface area contributed by atoms with Crippen LogP contribution in [0.5, 0.6) is 11.5 Å². The molecular weight excluding hydrogens is 218 g/mol.